The maximum absolute atomic E-state index is 13.0. The van der Waals surface area contributed by atoms with Crippen LogP contribution in [-0.2, 0) is 23.8 Å². The van der Waals surface area contributed by atoms with Crippen LogP contribution in [0.15, 0.2) is 52.2 Å². The molecule has 8 nitrogen and oxygen atoms in total. The van der Waals surface area contributed by atoms with Crippen LogP contribution in [0.5, 0.6) is 0 Å². The minimum atomic E-state index is -0.398. The van der Waals surface area contributed by atoms with E-state index < -0.39 is 5.25 Å². The number of thioether (sulfide) groups is 1. The molecule has 0 aliphatic rings. The predicted octanol–water partition coefficient (Wildman–Crippen LogP) is 5.35. The lowest BCUT2D eigenvalue weighted by Crippen LogP contribution is -2.23. The number of nitrogens with one attached hydrogen (secondary N) is 1. The van der Waals surface area contributed by atoms with E-state index in [-0.39, 0.29) is 11.3 Å². The topological polar surface area (TPSA) is 90.8 Å². The van der Waals surface area contributed by atoms with Gasteiger partial charge in [0.1, 0.15) is 5.76 Å². The second-order valence-corrected chi connectivity index (χ2v) is 11.0. The van der Waals surface area contributed by atoms with Gasteiger partial charge >= 0.3 is 0 Å². The summed E-state index contributed by atoms with van der Waals surface area (Å²) in [5.41, 5.74) is 4.73. The molecule has 3 aromatic heterocycles. The molecule has 0 spiro atoms. The minimum Gasteiger partial charge on any atom is -0.467 e. The summed E-state index contributed by atoms with van der Waals surface area (Å²) in [7, 11) is 1.86. The molecule has 0 bridgehead atoms. The number of hydrogen-bond acceptors (Lipinski definition) is 6. The number of benzene rings is 1. The third-order valence-corrected chi connectivity index (χ3v) is 7.11. The minimum absolute atomic E-state index is 0.0646. The van der Waals surface area contributed by atoms with Crippen LogP contribution in [0, 0.1) is 13.8 Å². The van der Waals surface area contributed by atoms with E-state index >= 15 is 0 Å². The Morgan fingerprint density at radius 2 is 1.86 bits per heavy atom. The molecule has 0 aliphatic carbocycles. The van der Waals surface area contributed by atoms with E-state index in [1.807, 2.05) is 44.5 Å². The van der Waals surface area contributed by atoms with E-state index in [2.05, 4.69) is 65.6 Å². The Morgan fingerprint density at radius 3 is 2.43 bits per heavy atom. The Balaban J connectivity index is 1.60. The summed E-state index contributed by atoms with van der Waals surface area (Å²) in [5.74, 6) is 1.41. The number of nitrogens with zero attached hydrogens (tertiary/aromatic N) is 5. The fourth-order valence-corrected chi connectivity index (χ4v) is 4.65. The third kappa shape index (κ3) is 5.35. The van der Waals surface area contributed by atoms with Gasteiger partial charge in [0, 0.05) is 12.6 Å². The molecule has 9 heteroatoms. The molecule has 0 fully saturated rings. The highest BCUT2D eigenvalue weighted by atomic mass is 32.2. The molecule has 1 N–H and O–H groups in total. The molecule has 1 aromatic carbocycles. The first-order valence-electron chi connectivity index (χ1n) is 11.6. The van der Waals surface area contributed by atoms with Gasteiger partial charge in [0.15, 0.2) is 11.0 Å². The quantitative estimate of drug-likeness (QED) is 0.350. The van der Waals surface area contributed by atoms with Crippen molar-refractivity contribution in [2.45, 2.75) is 63.9 Å². The first-order chi connectivity index (χ1) is 16.5. The van der Waals surface area contributed by atoms with E-state index in [1.54, 1.807) is 10.9 Å². The van der Waals surface area contributed by atoms with Crippen LogP contribution >= 0.6 is 11.8 Å². The molecule has 4 aromatic rings. The lowest BCUT2D eigenvalue weighted by atomic mass is 9.87. The van der Waals surface area contributed by atoms with Crippen LogP contribution < -0.4 is 5.32 Å². The largest absolute Gasteiger partial charge is 0.467 e. The highest BCUT2D eigenvalue weighted by Crippen LogP contribution is 2.30. The summed E-state index contributed by atoms with van der Waals surface area (Å²) < 4.78 is 9.37. The number of carbonyl (C=O) groups excluding carboxylic acids is 1. The average molecular weight is 493 g/mol. The van der Waals surface area contributed by atoms with Crippen molar-refractivity contribution in [1.29, 1.82) is 0 Å². The van der Waals surface area contributed by atoms with E-state index in [4.69, 9.17) is 4.42 Å². The van der Waals surface area contributed by atoms with Crippen molar-refractivity contribution in [2.24, 2.45) is 7.05 Å². The van der Waals surface area contributed by atoms with Crippen molar-refractivity contribution >= 4 is 23.4 Å². The SMILES string of the molecule is Cc1nn(C)c(C)c1NC(=O)C(C)Sc1nnc(-c2ccc(C(C)(C)C)cc2)n1Cc1ccco1. The number of carbonyl (C=O) groups is 1. The van der Waals surface area contributed by atoms with Gasteiger partial charge in [-0.3, -0.25) is 14.0 Å². The number of aromatic nitrogens is 5. The normalized spacial score (nSPS) is 12.7. The van der Waals surface area contributed by atoms with Crippen molar-refractivity contribution < 1.29 is 9.21 Å². The van der Waals surface area contributed by atoms with Crippen LogP contribution in [0.25, 0.3) is 11.4 Å². The van der Waals surface area contributed by atoms with E-state index in [9.17, 15) is 4.79 Å². The number of amides is 1. The fraction of sp³-hybridized carbons (Fsp3) is 0.385. The third-order valence-electron chi connectivity index (χ3n) is 6.03. The Bertz CT molecular complexity index is 1310. The van der Waals surface area contributed by atoms with Gasteiger partial charge in [0.2, 0.25) is 5.91 Å². The van der Waals surface area contributed by atoms with E-state index in [0.29, 0.717) is 11.7 Å². The maximum Gasteiger partial charge on any atom is 0.237 e. The van der Waals surface area contributed by atoms with Crippen LogP contribution in [0.2, 0.25) is 0 Å². The second-order valence-electron chi connectivity index (χ2n) is 9.72. The summed E-state index contributed by atoms with van der Waals surface area (Å²) in [6, 6.07) is 12.2. The molecule has 1 unspecified atom stereocenters. The van der Waals surface area contributed by atoms with Crippen molar-refractivity contribution in [2.75, 3.05) is 5.32 Å². The fourth-order valence-electron chi connectivity index (χ4n) is 3.80. The van der Waals surface area contributed by atoms with Gasteiger partial charge in [0.25, 0.3) is 0 Å². The number of furan rings is 1. The van der Waals surface area contributed by atoms with Crippen molar-refractivity contribution in [3.8, 4) is 11.4 Å². The molecule has 0 saturated heterocycles. The zero-order valence-corrected chi connectivity index (χ0v) is 22.1. The highest BCUT2D eigenvalue weighted by molar-refractivity contribution is 8.00. The number of aryl methyl sites for hydroxylation is 2. The smallest absolute Gasteiger partial charge is 0.237 e. The van der Waals surface area contributed by atoms with Gasteiger partial charge in [-0.05, 0) is 43.9 Å². The summed E-state index contributed by atoms with van der Waals surface area (Å²) in [5, 5.41) is 16.6. The van der Waals surface area contributed by atoms with Crippen molar-refractivity contribution in [3.63, 3.8) is 0 Å². The Hall–Kier alpha value is -3.33. The number of hydrogen-bond donors (Lipinski definition) is 1. The van der Waals surface area contributed by atoms with E-state index in [1.165, 1.54) is 17.3 Å². The average Bonchev–Trinajstić information content (AvgIpc) is 3.51. The van der Waals surface area contributed by atoms with E-state index in [0.717, 1.165) is 34.2 Å². The summed E-state index contributed by atoms with van der Waals surface area (Å²) >= 11 is 1.37. The number of rotatable bonds is 7. The van der Waals surface area contributed by atoms with Gasteiger partial charge in [-0.15, -0.1) is 10.2 Å². The lowest BCUT2D eigenvalue weighted by molar-refractivity contribution is -0.115. The zero-order chi connectivity index (χ0) is 25.3. The monoisotopic (exact) mass is 492 g/mol. The summed E-state index contributed by atoms with van der Waals surface area (Å²) in [6.45, 7) is 12.7. The lowest BCUT2D eigenvalue weighted by Gasteiger charge is -2.19. The molecule has 4 rings (SSSR count). The Kier molecular flexibility index (Phi) is 6.89. The molecular formula is C26H32N6O2S. The first-order valence-corrected chi connectivity index (χ1v) is 12.5. The van der Waals surface area contributed by atoms with Crippen molar-refractivity contribution in [1.82, 2.24) is 24.5 Å². The first kappa shape index (κ1) is 24.8. The molecule has 1 atom stereocenters. The maximum atomic E-state index is 13.0. The highest BCUT2D eigenvalue weighted by Gasteiger charge is 2.23. The number of anilines is 1. The van der Waals surface area contributed by atoms with Crippen LogP contribution in [0.1, 0.15) is 50.4 Å². The van der Waals surface area contributed by atoms with Gasteiger partial charge in [-0.1, -0.05) is 56.8 Å². The second kappa shape index (κ2) is 9.73. The van der Waals surface area contributed by atoms with Crippen LogP contribution in [0.3, 0.4) is 0 Å². The standard InChI is InChI=1S/C26H32N6O2S/c1-16-22(17(2)31(7)30-16)27-24(33)18(3)35-25-29-28-23(32(25)15-21-9-8-14-34-21)19-10-12-20(13-11-19)26(4,5)6/h8-14,18H,15H2,1-7H3,(H,27,33). The predicted molar refractivity (Wildman–Crippen MR) is 139 cm³/mol. The summed E-state index contributed by atoms with van der Waals surface area (Å²) in [6.07, 6.45) is 1.65. The zero-order valence-electron chi connectivity index (χ0n) is 21.3. The molecule has 3 heterocycles. The molecule has 0 aliphatic heterocycles. The molecule has 35 heavy (non-hydrogen) atoms. The molecule has 0 saturated carbocycles. The molecule has 1 amide bonds. The van der Waals surface area contributed by atoms with Gasteiger partial charge in [-0.25, -0.2) is 0 Å². The molecular weight excluding hydrogens is 460 g/mol. The van der Waals surface area contributed by atoms with Crippen LogP contribution in [-0.4, -0.2) is 35.7 Å². The van der Waals surface area contributed by atoms with Gasteiger partial charge < -0.3 is 9.73 Å². The Labute approximate surface area is 210 Å². The van der Waals surface area contributed by atoms with Gasteiger partial charge in [0.05, 0.1) is 35.1 Å². The van der Waals surface area contributed by atoms with Crippen molar-refractivity contribution in [3.05, 3.63) is 65.4 Å². The molecule has 0 radical (unpaired) electrons. The molecule has 184 valence electrons. The van der Waals surface area contributed by atoms with Gasteiger partial charge in [-0.2, -0.15) is 5.10 Å². The van der Waals surface area contributed by atoms with Crippen LogP contribution in [0.4, 0.5) is 5.69 Å². The summed E-state index contributed by atoms with van der Waals surface area (Å²) in [4.78, 5) is 13.0. The Morgan fingerprint density at radius 1 is 1.14 bits per heavy atom.